The molecule has 2 heterocycles. The van der Waals surface area contributed by atoms with E-state index < -0.39 is 5.92 Å². The van der Waals surface area contributed by atoms with Gasteiger partial charge in [0.25, 0.3) is 0 Å². The number of nitrogens with zero attached hydrogens (tertiary/aromatic N) is 1. The van der Waals surface area contributed by atoms with Crippen molar-refractivity contribution in [2.24, 2.45) is 0 Å². The average Bonchev–Trinajstić information content (AvgIpc) is 3.24. The molecule has 1 aliphatic rings. The van der Waals surface area contributed by atoms with Gasteiger partial charge in [0.05, 0.1) is 13.0 Å². The van der Waals surface area contributed by atoms with Crippen molar-refractivity contribution >= 4 is 22.4 Å². The minimum absolute atomic E-state index is 0.124. The highest BCUT2D eigenvalue weighted by Crippen LogP contribution is 2.44. The Kier molecular flexibility index (Phi) is 5.14. The molecule has 5 rings (SSSR count). The molecular weight excluding hydrogens is 408 g/mol. The van der Waals surface area contributed by atoms with E-state index in [1.54, 1.807) is 13.3 Å². The molecular formula is C25H20N2O3S. The largest absolute Gasteiger partial charge is 0.496 e. The minimum Gasteiger partial charge on any atom is -0.496 e. The Morgan fingerprint density at radius 3 is 2.35 bits per heavy atom. The Labute approximate surface area is 184 Å². The lowest BCUT2D eigenvalue weighted by Crippen LogP contribution is -2.24. The number of hydrogen-bond donors (Lipinski definition) is 1. The van der Waals surface area contributed by atoms with Gasteiger partial charge in [0.2, 0.25) is 5.91 Å². The van der Waals surface area contributed by atoms with Crippen LogP contribution in [0.5, 0.6) is 17.2 Å². The molecule has 1 N–H and O–H groups in total. The van der Waals surface area contributed by atoms with Gasteiger partial charge in [0, 0.05) is 28.6 Å². The maximum Gasteiger partial charge on any atom is 0.238 e. The van der Waals surface area contributed by atoms with Gasteiger partial charge in [-0.05, 0) is 23.8 Å². The summed E-state index contributed by atoms with van der Waals surface area (Å²) in [4.78, 5) is 18.8. The van der Waals surface area contributed by atoms with Gasteiger partial charge in [-0.25, -0.2) is 4.98 Å². The number of methoxy groups -OCH3 is 1. The van der Waals surface area contributed by atoms with Gasteiger partial charge in [-0.15, -0.1) is 11.3 Å². The van der Waals surface area contributed by atoms with E-state index in [4.69, 9.17) is 9.47 Å². The molecule has 0 unspecified atom stereocenters. The van der Waals surface area contributed by atoms with Crippen LogP contribution in [0.15, 0.2) is 79.0 Å². The standard InChI is InChI=1S/C25H20N2O3S/c1-29-20-11-5-2-8-16(20)14-17-15-26-25(31-17)27-24(28)23-18-9-3-6-12-21(18)30-22-13-7-4-10-19(22)23/h2-13,15,23H,14H2,1H3,(H,26,27,28). The lowest BCUT2D eigenvalue weighted by Gasteiger charge is -2.27. The summed E-state index contributed by atoms with van der Waals surface area (Å²) < 4.78 is 11.4. The molecule has 154 valence electrons. The first-order valence-electron chi connectivity index (χ1n) is 9.96. The molecule has 4 aromatic rings. The number of ether oxygens (including phenoxy) is 2. The fourth-order valence-electron chi connectivity index (χ4n) is 3.85. The van der Waals surface area contributed by atoms with Crippen molar-refractivity contribution in [1.29, 1.82) is 0 Å². The molecule has 0 spiro atoms. The first-order chi connectivity index (χ1) is 15.2. The summed E-state index contributed by atoms with van der Waals surface area (Å²) in [5.41, 5.74) is 2.79. The number of carbonyl (C=O) groups is 1. The van der Waals surface area contributed by atoms with E-state index in [-0.39, 0.29) is 5.91 Å². The lowest BCUT2D eigenvalue weighted by atomic mass is 9.87. The van der Waals surface area contributed by atoms with Crippen LogP contribution in [0.3, 0.4) is 0 Å². The predicted molar refractivity (Wildman–Crippen MR) is 121 cm³/mol. The van der Waals surface area contributed by atoms with E-state index >= 15 is 0 Å². The van der Waals surface area contributed by atoms with Gasteiger partial charge in [0.1, 0.15) is 17.2 Å². The Morgan fingerprint density at radius 2 is 1.65 bits per heavy atom. The molecule has 0 atom stereocenters. The van der Waals surface area contributed by atoms with Crippen LogP contribution >= 0.6 is 11.3 Å². The minimum atomic E-state index is -0.456. The summed E-state index contributed by atoms with van der Waals surface area (Å²) in [6.45, 7) is 0. The molecule has 0 bridgehead atoms. The molecule has 1 amide bonds. The summed E-state index contributed by atoms with van der Waals surface area (Å²) in [6, 6.07) is 23.2. The number of carbonyl (C=O) groups excluding carboxylic acids is 1. The van der Waals surface area contributed by atoms with E-state index in [0.29, 0.717) is 23.1 Å². The van der Waals surface area contributed by atoms with Crippen LogP contribution in [0.4, 0.5) is 5.13 Å². The summed E-state index contributed by atoms with van der Waals surface area (Å²) in [5.74, 6) is 1.68. The van der Waals surface area contributed by atoms with Crippen molar-refractivity contribution in [2.45, 2.75) is 12.3 Å². The molecule has 0 aliphatic carbocycles. The second-order valence-electron chi connectivity index (χ2n) is 7.22. The Hall–Kier alpha value is -3.64. The van der Waals surface area contributed by atoms with Crippen molar-refractivity contribution in [1.82, 2.24) is 4.98 Å². The molecule has 0 saturated carbocycles. The topological polar surface area (TPSA) is 60.5 Å². The van der Waals surface area contributed by atoms with Crippen molar-refractivity contribution in [3.8, 4) is 17.2 Å². The number of fused-ring (bicyclic) bond motifs is 2. The first kappa shape index (κ1) is 19.3. The van der Waals surface area contributed by atoms with Gasteiger partial charge in [-0.2, -0.15) is 0 Å². The Morgan fingerprint density at radius 1 is 1.00 bits per heavy atom. The van der Waals surface area contributed by atoms with E-state index in [2.05, 4.69) is 10.3 Å². The van der Waals surface area contributed by atoms with Gasteiger partial charge in [-0.1, -0.05) is 54.6 Å². The van der Waals surface area contributed by atoms with Gasteiger partial charge >= 0.3 is 0 Å². The predicted octanol–water partition coefficient (Wildman–Crippen LogP) is 5.62. The first-order valence-corrected chi connectivity index (χ1v) is 10.8. The molecule has 5 nitrogen and oxygen atoms in total. The third-order valence-electron chi connectivity index (χ3n) is 5.28. The molecule has 1 aromatic heterocycles. The van der Waals surface area contributed by atoms with Crippen LogP contribution < -0.4 is 14.8 Å². The number of hydrogen-bond acceptors (Lipinski definition) is 5. The smallest absolute Gasteiger partial charge is 0.238 e. The second kappa shape index (κ2) is 8.24. The molecule has 3 aromatic carbocycles. The maximum absolute atomic E-state index is 13.3. The van der Waals surface area contributed by atoms with Crippen molar-refractivity contribution in [3.63, 3.8) is 0 Å². The molecule has 6 heteroatoms. The fourth-order valence-corrected chi connectivity index (χ4v) is 4.69. The monoisotopic (exact) mass is 428 g/mol. The average molecular weight is 429 g/mol. The maximum atomic E-state index is 13.3. The lowest BCUT2D eigenvalue weighted by molar-refractivity contribution is -0.116. The third-order valence-corrected chi connectivity index (χ3v) is 6.20. The number of nitrogens with one attached hydrogen (secondary N) is 1. The molecule has 0 radical (unpaired) electrons. The number of anilines is 1. The van der Waals surface area contributed by atoms with Crippen molar-refractivity contribution in [2.75, 3.05) is 12.4 Å². The molecule has 31 heavy (non-hydrogen) atoms. The number of amides is 1. The highest BCUT2D eigenvalue weighted by atomic mass is 32.1. The Balaban J connectivity index is 1.39. The number of benzene rings is 3. The van der Waals surface area contributed by atoms with E-state index in [1.807, 2.05) is 72.8 Å². The quantitative estimate of drug-likeness (QED) is 0.448. The number of aromatic nitrogens is 1. The zero-order valence-corrected chi connectivity index (χ0v) is 17.7. The van der Waals surface area contributed by atoms with Crippen molar-refractivity contribution < 1.29 is 14.3 Å². The fraction of sp³-hybridized carbons (Fsp3) is 0.120. The van der Waals surface area contributed by atoms with Crippen LogP contribution in [-0.4, -0.2) is 18.0 Å². The highest BCUT2D eigenvalue weighted by molar-refractivity contribution is 7.15. The van der Waals surface area contributed by atoms with Gasteiger partial charge in [-0.3, -0.25) is 4.79 Å². The molecule has 1 aliphatic heterocycles. The molecule has 0 fully saturated rings. The second-order valence-corrected chi connectivity index (χ2v) is 8.34. The van der Waals surface area contributed by atoms with Crippen LogP contribution in [0.2, 0.25) is 0 Å². The van der Waals surface area contributed by atoms with Gasteiger partial charge < -0.3 is 14.8 Å². The highest BCUT2D eigenvalue weighted by Gasteiger charge is 2.32. The van der Waals surface area contributed by atoms with E-state index in [0.717, 1.165) is 27.3 Å². The van der Waals surface area contributed by atoms with E-state index in [1.165, 1.54) is 11.3 Å². The number of rotatable bonds is 5. The number of thiazole rings is 1. The third kappa shape index (κ3) is 3.78. The summed E-state index contributed by atoms with van der Waals surface area (Å²) in [7, 11) is 1.67. The number of para-hydroxylation sites is 3. The normalized spacial score (nSPS) is 12.4. The summed E-state index contributed by atoms with van der Waals surface area (Å²) >= 11 is 1.47. The summed E-state index contributed by atoms with van der Waals surface area (Å²) in [6.07, 6.45) is 2.50. The Bertz CT molecular complexity index is 1210. The van der Waals surface area contributed by atoms with Crippen LogP contribution in [0, 0.1) is 0 Å². The van der Waals surface area contributed by atoms with Crippen LogP contribution in [0.1, 0.15) is 27.5 Å². The summed E-state index contributed by atoms with van der Waals surface area (Å²) in [5, 5.41) is 3.59. The molecule has 0 saturated heterocycles. The van der Waals surface area contributed by atoms with Crippen LogP contribution in [0.25, 0.3) is 0 Å². The van der Waals surface area contributed by atoms with Crippen LogP contribution in [-0.2, 0) is 11.2 Å². The van der Waals surface area contributed by atoms with E-state index in [9.17, 15) is 4.79 Å². The SMILES string of the molecule is COc1ccccc1Cc1cnc(NC(=O)C2c3ccccc3Oc3ccccc32)s1. The zero-order valence-electron chi connectivity index (χ0n) is 16.9. The van der Waals surface area contributed by atoms with Crippen molar-refractivity contribution in [3.05, 3.63) is 101 Å². The zero-order chi connectivity index (χ0) is 21.2. The van der Waals surface area contributed by atoms with Gasteiger partial charge in [0.15, 0.2) is 5.13 Å².